The smallest absolute Gasteiger partial charge is 0.247 e. The Balaban J connectivity index is 2.01. The zero-order valence-electron chi connectivity index (χ0n) is 19.2. The van der Waals surface area contributed by atoms with Gasteiger partial charge in [-0.25, -0.2) is 8.42 Å². The summed E-state index contributed by atoms with van der Waals surface area (Å²) in [5, 5.41) is 3.59. The number of aryl methyl sites for hydroxylation is 1. The number of piperazine rings is 1. The Bertz CT molecular complexity index is 960. The lowest BCUT2D eigenvalue weighted by molar-refractivity contribution is -0.133. The Morgan fingerprint density at radius 3 is 2.50 bits per heavy atom. The first-order valence-electron chi connectivity index (χ1n) is 11.5. The van der Waals surface area contributed by atoms with Gasteiger partial charge < -0.3 is 5.32 Å². The predicted molar refractivity (Wildman–Crippen MR) is 127 cm³/mol. The van der Waals surface area contributed by atoms with Gasteiger partial charge in [0.2, 0.25) is 21.8 Å². The van der Waals surface area contributed by atoms with Crippen molar-refractivity contribution in [3.8, 4) is 0 Å². The standard InChI is InChI=1S/C23H34ClN3O4S/c1-4-13-32(30,31)26-15-21(28)27(20-14-18(24)12-11-17(20)2)23(3,16-26)22(29)25-19-9-7-5-6-8-10-19/h11-12,14,19H,4-10,13,15-16H2,1-3H3,(H,25,29)/t23-/m0/s1. The van der Waals surface area contributed by atoms with Crippen molar-refractivity contribution >= 4 is 39.1 Å². The van der Waals surface area contributed by atoms with Crippen LogP contribution in [0.15, 0.2) is 18.2 Å². The monoisotopic (exact) mass is 483 g/mol. The highest BCUT2D eigenvalue weighted by Gasteiger charge is 2.51. The highest BCUT2D eigenvalue weighted by Crippen LogP contribution is 2.35. The average Bonchev–Trinajstić information content (AvgIpc) is 2.98. The summed E-state index contributed by atoms with van der Waals surface area (Å²) in [6.45, 7) is 4.91. The number of carbonyl (C=O) groups is 2. The van der Waals surface area contributed by atoms with E-state index in [2.05, 4.69) is 5.32 Å². The Hall–Kier alpha value is -1.64. The summed E-state index contributed by atoms with van der Waals surface area (Å²) in [6, 6.07) is 5.23. The quantitative estimate of drug-likeness (QED) is 0.626. The first kappa shape index (κ1) is 25.0. The van der Waals surface area contributed by atoms with Crippen molar-refractivity contribution in [2.75, 3.05) is 23.7 Å². The number of anilines is 1. The van der Waals surface area contributed by atoms with E-state index in [1.165, 1.54) is 9.21 Å². The molecule has 0 bridgehead atoms. The van der Waals surface area contributed by atoms with E-state index in [1.54, 1.807) is 32.0 Å². The summed E-state index contributed by atoms with van der Waals surface area (Å²) in [5.41, 5.74) is -0.0626. The molecule has 2 aliphatic rings. The number of rotatable bonds is 6. The fraction of sp³-hybridized carbons (Fsp3) is 0.652. The lowest BCUT2D eigenvalue weighted by Crippen LogP contribution is -2.71. The van der Waals surface area contributed by atoms with Crippen LogP contribution in [0, 0.1) is 6.92 Å². The van der Waals surface area contributed by atoms with Crippen molar-refractivity contribution in [2.24, 2.45) is 0 Å². The summed E-state index contributed by atoms with van der Waals surface area (Å²) < 4.78 is 26.9. The van der Waals surface area contributed by atoms with Crippen molar-refractivity contribution in [1.29, 1.82) is 0 Å². The lowest BCUT2D eigenvalue weighted by Gasteiger charge is -2.47. The number of nitrogens with zero attached hydrogens (tertiary/aromatic N) is 2. The van der Waals surface area contributed by atoms with E-state index in [0.717, 1.165) is 44.1 Å². The van der Waals surface area contributed by atoms with Gasteiger partial charge >= 0.3 is 0 Å². The van der Waals surface area contributed by atoms with Gasteiger partial charge in [-0.2, -0.15) is 4.31 Å². The number of sulfonamides is 1. The van der Waals surface area contributed by atoms with Crippen molar-refractivity contribution in [3.05, 3.63) is 28.8 Å². The molecule has 0 aromatic heterocycles. The fourth-order valence-corrected chi connectivity index (χ4v) is 6.41. The van der Waals surface area contributed by atoms with E-state index in [0.29, 0.717) is 17.1 Å². The van der Waals surface area contributed by atoms with E-state index < -0.39 is 21.5 Å². The lowest BCUT2D eigenvalue weighted by atomic mass is 9.92. The first-order chi connectivity index (χ1) is 15.1. The molecular weight excluding hydrogens is 450 g/mol. The first-order valence-corrected chi connectivity index (χ1v) is 13.4. The fourth-order valence-electron chi connectivity index (χ4n) is 4.71. The van der Waals surface area contributed by atoms with Gasteiger partial charge in [-0.05, 0) is 50.8 Å². The number of nitrogens with one attached hydrogen (secondary N) is 1. The zero-order valence-corrected chi connectivity index (χ0v) is 20.8. The molecule has 0 spiro atoms. The second-order valence-electron chi connectivity index (χ2n) is 9.18. The molecule has 7 nitrogen and oxygen atoms in total. The largest absolute Gasteiger partial charge is 0.351 e. The van der Waals surface area contributed by atoms with Gasteiger partial charge in [-0.15, -0.1) is 0 Å². The Morgan fingerprint density at radius 2 is 1.88 bits per heavy atom. The molecule has 9 heteroatoms. The van der Waals surface area contributed by atoms with Gasteiger partial charge in [-0.1, -0.05) is 50.3 Å². The Labute approximate surface area is 196 Å². The number of benzene rings is 1. The number of halogens is 1. The molecule has 1 aromatic carbocycles. The van der Waals surface area contributed by atoms with Crippen molar-refractivity contribution in [1.82, 2.24) is 9.62 Å². The van der Waals surface area contributed by atoms with Crippen LogP contribution >= 0.6 is 11.6 Å². The van der Waals surface area contributed by atoms with Crippen LogP contribution in [0.5, 0.6) is 0 Å². The van der Waals surface area contributed by atoms with E-state index in [9.17, 15) is 18.0 Å². The molecule has 2 fully saturated rings. The second-order valence-corrected chi connectivity index (χ2v) is 11.7. The molecule has 1 aliphatic carbocycles. The van der Waals surface area contributed by atoms with Crippen LogP contribution in [0.2, 0.25) is 5.02 Å². The van der Waals surface area contributed by atoms with E-state index >= 15 is 0 Å². The molecule has 1 atom stereocenters. The molecular formula is C23H34ClN3O4S. The minimum absolute atomic E-state index is 0.0295. The van der Waals surface area contributed by atoms with Gasteiger partial charge in [0.05, 0.1) is 12.3 Å². The van der Waals surface area contributed by atoms with Gasteiger partial charge in [0.1, 0.15) is 5.54 Å². The molecule has 1 heterocycles. The van der Waals surface area contributed by atoms with E-state index in [4.69, 9.17) is 11.6 Å². The van der Waals surface area contributed by atoms with Crippen molar-refractivity contribution in [2.45, 2.75) is 77.3 Å². The third kappa shape index (κ3) is 5.29. The minimum atomic E-state index is -3.65. The summed E-state index contributed by atoms with van der Waals surface area (Å²) >= 11 is 6.23. The zero-order chi connectivity index (χ0) is 23.5. The van der Waals surface area contributed by atoms with E-state index in [-0.39, 0.29) is 30.8 Å². The number of hydrogen-bond acceptors (Lipinski definition) is 4. The predicted octanol–water partition coefficient (Wildman–Crippen LogP) is 3.63. The second kappa shape index (κ2) is 10.1. The summed E-state index contributed by atoms with van der Waals surface area (Å²) in [6.07, 6.45) is 6.63. The SMILES string of the molecule is CCCS(=O)(=O)N1CC(=O)N(c2cc(Cl)ccc2C)[C@](C)(C(=O)NC2CCCCCC2)C1. The topological polar surface area (TPSA) is 86.8 Å². The van der Waals surface area contributed by atoms with Crippen LogP contribution < -0.4 is 10.2 Å². The van der Waals surface area contributed by atoms with Crippen LogP contribution in [0.3, 0.4) is 0 Å². The molecule has 1 saturated heterocycles. The van der Waals surface area contributed by atoms with Crippen LogP contribution in [0.4, 0.5) is 5.69 Å². The third-order valence-electron chi connectivity index (χ3n) is 6.49. The molecule has 1 saturated carbocycles. The summed E-state index contributed by atoms with van der Waals surface area (Å²) in [4.78, 5) is 28.5. The Morgan fingerprint density at radius 1 is 1.22 bits per heavy atom. The maximum atomic E-state index is 13.7. The molecule has 2 amide bonds. The minimum Gasteiger partial charge on any atom is -0.351 e. The molecule has 0 radical (unpaired) electrons. The molecule has 32 heavy (non-hydrogen) atoms. The molecule has 178 valence electrons. The third-order valence-corrected chi connectivity index (χ3v) is 8.69. The maximum absolute atomic E-state index is 13.7. The summed E-state index contributed by atoms with van der Waals surface area (Å²) in [5.74, 6) is -0.815. The van der Waals surface area contributed by atoms with Crippen LogP contribution in [-0.4, -0.2) is 55.0 Å². The van der Waals surface area contributed by atoms with Crippen LogP contribution in [0.1, 0.15) is 64.4 Å². The van der Waals surface area contributed by atoms with Gasteiger partial charge in [0, 0.05) is 23.3 Å². The van der Waals surface area contributed by atoms with E-state index in [1.807, 2.05) is 6.92 Å². The van der Waals surface area contributed by atoms with Gasteiger partial charge in [0.15, 0.2) is 0 Å². The molecule has 1 N–H and O–H groups in total. The normalized spacial score (nSPS) is 23.8. The van der Waals surface area contributed by atoms with Crippen LogP contribution in [-0.2, 0) is 19.6 Å². The van der Waals surface area contributed by atoms with Crippen molar-refractivity contribution in [3.63, 3.8) is 0 Å². The van der Waals surface area contributed by atoms with Gasteiger partial charge in [-0.3, -0.25) is 14.5 Å². The molecule has 1 aromatic rings. The molecule has 3 rings (SSSR count). The Kier molecular flexibility index (Phi) is 7.89. The number of hydrogen-bond donors (Lipinski definition) is 1. The highest BCUT2D eigenvalue weighted by molar-refractivity contribution is 7.89. The average molecular weight is 484 g/mol. The van der Waals surface area contributed by atoms with Crippen molar-refractivity contribution < 1.29 is 18.0 Å². The van der Waals surface area contributed by atoms with Crippen LogP contribution in [0.25, 0.3) is 0 Å². The number of carbonyl (C=O) groups excluding carboxylic acids is 2. The van der Waals surface area contributed by atoms with Gasteiger partial charge in [0.25, 0.3) is 0 Å². The maximum Gasteiger partial charge on any atom is 0.247 e. The number of amides is 2. The molecule has 1 aliphatic heterocycles. The highest BCUT2D eigenvalue weighted by atomic mass is 35.5. The summed E-state index contributed by atoms with van der Waals surface area (Å²) in [7, 11) is -3.65. The molecule has 0 unspecified atom stereocenters.